The fourth-order valence-corrected chi connectivity index (χ4v) is 3.44. The molecule has 1 atom stereocenters. The molecule has 128 valence electrons. The second-order valence-corrected chi connectivity index (χ2v) is 6.64. The average Bonchev–Trinajstić information content (AvgIpc) is 3.21. The van der Waals surface area contributed by atoms with E-state index in [1.165, 1.54) is 0 Å². The predicted octanol–water partition coefficient (Wildman–Crippen LogP) is 2.56. The lowest BCUT2D eigenvalue weighted by Gasteiger charge is -2.13. The number of rotatable bonds is 4. The molecule has 2 N–H and O–H groups in total. The minimum absolute atomic E-state index is 0.167. The Bertz CT molecular complexity index is 741. The van der Waals surface area contributed by atoms with Crippen LogP contribution in [0.3, 0.4) is 0 Å². The average molecular weight is 368 g/mol. The summed E-state index contributed by atoms with van der Waals surface area (Å²) in [6.45, 7) is 3.86. The van der Waals surface area contributed by atoms with Crippen molar-refractivity contribution in [2.75, 3.05) is 19.6 Å². The smallest absolute Gasteiger partial charge is 0.293 e. The van der Waals surface area contributed by atoms with Crippen LogP contribution in [-0.4, -0.2) is 45.2 Å². The third kappa shape index (κ3) is 3.14. The van der Waals surface area contributed by atoms with Crippen molar-refractivity contribution >= 4 is 29.1 Å². The van der Waals surface area contributed by atoms with Crippen molar-refractivity contribution < 1.29 is 4.79 Å². The van der Waals surface area contributed by atoms with E-state index in [1.54, 1.807) is 27.8 Å². The molecule has 0 aliphatic carbocycles. The van der Waals surface area contributed by atoms with E-state index < -0.39 is 0 Å². The van der Waals surface area contributed by atoms with Crippen LogP contribution in [0.2, 0.25) is 10.0 Å². The van der Waals surface area contributed by atoms with Crippen LogP contribution in [0.1, 0.15) is 29.8 Å². The first-order chi connectivity index (χ1) is 11.5. The Morgan fingerprint density at radius 3 is 2.67 bits per heavy atom. The highest BCUT2D eigenvalue weighted by molar-refractivity contribution is 6.37. The van der Waals surface area contributed by atoms with Crippen LogP contribution in [0, 0.1) is 5.92 Å². The zero-order valence-corrected chi connectivity index (χ0v) is 14.9. The largest absolute Gasteiger partial charge is 0.336 e. The number of amides is 1. The van der Waals surface area contributed by atoms with Crippen molar-refractivity contribution in [3.63, 3.8) is 0 Å². The summed E-state index contributed by atoms with van der Waals surface area (Å²) >= 11 is 12.5. The van der Waals surface area contributed by atoms with Crippen molar-refractivity contribution in [3.8, 4) is 5.69 Å². The topological polar surface area (TPSA) is 77.0 Å². The number of hydrogen-bond acceptors (Lipinski definition) is 4. The molecule has 1 aromatic carbocycles. The molecule has 2 heterocycles. The number of nitrogens with two attached hydrogens (primary N) is 1. The molecular weight excluding hydrogens is 349 g/mol. The summed E-state index contributed by atoms with van der Waals surface area (Å²) in [5.41, 5.74) is 6.24. The molecule has 0 spiro atoms. The van der Waals surface area contributed by atoms with E-state index in [1.807, 2.05) is 6.92 Å². The van der Waals surface area contributed by atoms with Gasteiger partial charge < -0.3 is 10.6 Å². The van der Waals surface area contributed by atoms with Gasteiger partial charge in [-0.05, 0) is 31.0 Å². The van der Waals surface area contributed by atoms with Gasteiger partial charge in [0.2, 0.25) is 5.82 Å². The first-order valence-corrected chi connectivity index (χ1v) is 8.70. The molecule has 0 bridgehead atoms. The Hall–Kier alpha value is -1.63. The van der Waals surface area contributed by atoms with E-state index in [9.17, 15) is 4.79 Å². The third-order valence-electron chi connectivity index (χ3n) is 4.24. The van der Waals surface area contributed by atoms with Crippen molar-refractivity contribution in [3.05, 3.63) is 39.9 Å². The van der Waals surface area contributed by atoms with Crippen molar-refractivity contribution in [2.45, 2.75) is 19.8 Å². The maximum atomic E-state index is 12.7. The molecule has 8 heteroatoms. The van der Waals surface area contributed by atoms with Gasteiger partial charge in [0, 0.05) is 19.5 Å². The van der Waals surface area contributed by atoms with E-state index in [2.05, 4.69) is 10.1 Å². The third-order valence-corrected chi connectivity index (χ3v) is 4.85. The summed E-state index contributed by atoms with van der Waals surface area (Å²) < 4.78 is 1.56. The Balaban J connectivity index is 1.95. The normalized spacial score (nSPS) is 17.5. The molecule has 24 heavy (non-hydrogen) atoms. The molecule has 1 aliphatic heterocycles. The molecule has 1 aliphatic rings. The summed E-state index contributed by atoms with van der Waals surface area (Å²) in [7, 11) is 0. The zero-order valence-electron chi connectivity index (χ0n) is 13.4. The van der Waals surface area contributed by atoms with Gasteiger partial charge in [-0.1, -0.05) is 36.2 Å². The van der Waals surface area contributed by atoms with Gasteiger partial charge in [-0.3, -0.25) is 4.79 Å². The van der Waals surface area contributed by atoms with Crippen LogP contribution in [0.25, 0.3) is 5.69 Å². The van der Waals surface area contributed by atoms with Gasteiger partial charge in [-0.15, -0.1) is 5.10 Å². The van der Waals surface area contributed by atoms with Crippen LogP contribution >= 0.6 is 23.2 Å². The van der Waals surface area contributed by atoms with Gasteiger partial charge in [-0.2, -0.15) is 0 Å². The van der Waals surface area contributed by atoms with Gasteiger partial charge >= 0.3 is 0 Å². The maximum absolute atomic E-state index is 12.7. The highest BCUT2D eigenvalue weighted by atomic mass is 35.5. The van der Waals surface area contributed by atoms with Gasteiger partial charge in [0.1, 0.15) is 11.5 Å². The fraction of sp³-hybridized carbons (Fsp3) is 0.438. The molecule has 0 saturated carbocycles. The van der Waals surface area contributed by atoms with Gasteiger partial charge in [0.05, 0.1) is 10.0 Å². The number of hydrogen-bond donors (Lipinski definition) is 1. The molecule has 1 fully saturated rings. The predicted molar refractivity (Wildman–Crippen MR) is 93.8 cm³/mol. The second kappa shape index (κ2) is 7.09. The molecule has 0 radical (unpaired) electrons. The highest BCUT2D eigenvalue weighted by Gasteiger charge is 2.29. The molecule has 2 aromatic rings. The van der Waals surface area contributed by atoms with Crippen molar-refractivity contribution in [2.24, 2.45) is 11.7 Å². The molecule has 3 rings (SSSR count). The van der Waals surface area contributed by atoms with Gasteiger partial charge in [0.25, 0.3) is 5.91 Å². The number of aryl methyl sites for hydroxylation is 1. The number of benzene rings is 1. The van der Waals surface area contributed by atoms with E-state index in [4.69, 9.17) is 28.9 Å². The van der Waals surface area contributed by atoms with Gasteiger partial charge in [-0.25, -0.2) is 9.67 Å². The minimum atomic E-state index is -0.178. The fourth-order valence-electron chi connectivity index (χ4n) is 2.89. The van der Waals surface area contributed by atoms with Gasteiger partial charge in [0.15, 0.2) is 0 Å². The first kappa shape index (κ1) is 17.2. The number of carbonyl (C=O) groups excluding carboxylic acids is 1. The summed E-state index contributed by atoms with van der Waals surface area (Å²) in [5, 5.41) is 5.31. The first-order valence-electron chi connectivity index (χ1n) is 7.94. The Morgan fingerprint density at radius 2 is 2.08 bits per heavy atom. The van der Waals surface area contributed by atoms with Crippen LogP contribution in [-0.2, 0) is 6.42 Å². The number of nitrogens with zero attached hydrogens (tertiary/aromatic N) is 4. The molecule has 1 amide bonds. The molecular formula is C16H19Cl2N5O. The summed E-state index contributed by atoms with van der Waals surface area (Å²) in [6, 6.07) is 5.23. The van der Waals surface area contributed by atoms with E-state index in [0.29, 0.717) is 53.5 Å². The number of carbonyl (C=O) groups is 1. The lowest BCUT2D eigenvalue weighted by molar-refractivity contribution is 0.0775. The summed E-state index contributed by atoms with van der Waals surface area (Å²) in [4.78, 5) is 18.8. The summed E-state index contributed by atoms with van der Waals surface area (Å²) in [5.74, 6) is 0.977. The van der Waals surface area contributed by atoms with E-state index >= 15 is 0 Å². The lowest BCUT2D eigenvalue weighted by atomic mass is 10.1. The molecule has 1 aromatic heterocycles. The Kier molecular flexibility index (Phi) is 5.08. The van der Waals surface area contributed by atoms with Crippen molar-refractivity contribution in [1.82, 2.24) is 19.7 Å². The quantitative estimate of drug-likeness (QED) is 0.900. The summed E-state index contributed by atoms with van der Waals surface area (Å²) in [6.07, 6.45) is 1.52. The standard InChI is InChI=1S/C16H19Cl2N5O/c1-2-13-20-15(16(24)22-7-6-10(8-19)9-22)21-23(13)14-11(17)4-3-5-12(14)18/h3-5,10H,2,6-9,19H2,1H3. The highest BCUT2D eigenvalue weighted by Crippen LogP contribution is 2.29. The molecule has 1 saturated heterocycles. The SMILES string of the molecule is CCc1nc(C(=O)N2CCC(CN)C2)nn1-c1c(Cl)cccc1Cl. The lowest BCUT2D eigenvalue weighted by Crippen LogP contribution is -2.30. The number of likely N-dealkylation sites (tertiary alicyclic amines) is 1. The van der Waals surface area contributed by atoms with E-state index in [-0.39, 0.29) is 11.7 Å². The van der Waals surface area contributed by atoms with E-state index in [0.717, 1.165) is 6.42 Å². The zero-order chi connectivity index (χ0) is 17.3. The van der Waals surface area contributed by atoms with Crippen LogP contribution < -0.4 is 5.73 Å². The Morgan fingerprint density at radius 1 is 1.38 bits per heavy atom. The number of halogens is 2. The van der Waals surface area contributed by atoms with Crippen LogP contribution in [0.4, 0.5) is 0 Å². The van der Waals surface area contributed by atoms with Crippen LogP contribution in [0.15, 0.2) is 18.2 Å². The van der Waals surface area contributed by atoms with Crippen LogP contribution in [0.5, 0.6) is 0 Å². The molecule has 1 unspecified atom stereocenters. The maximum Gasteiger partial charge on any atom is 0.293 e. The van der Waals surface area contributed by atoms with Crippen molar-refractivity contribution in [1.29, 1.82) is 0 Å². The second-order valence-electron chi connectivity index (χ2n) is 5.83. The Labute approximate surface area is 150 Å². The number of aromatic nitrogens is 3. The number of para-hydroxylation sites is 1. The monoisotopic (exact) mass is 367 g/mol. The molecule has 6 nitrogen and oxygen atoms in total. The minimum Gasteiger partial charge on any atom is -0.336 e.